The van der Waals surface area contributed by atoms with Gasteiger partial charge in [-0.1, -0.05) is 182 Å². The number of anilines is 3. The number of para-hydroxylation sites is 2. The van der Waals surface area contributed by atoms with Crippen LogP contribution in [0.1, 0.15) is 44.9 Å². The van der Waals surface area contributed by atoms with Gasteiger partial charge in [-0.2, -0.15) is 0 Å². The summed E-state index contributed by atoms with van der Waals surface area (Å²) in [5.41, 5.74) is 12.0. The molecule has 230 valence electrons. The van der Waals surface area contributed by atoms with Crippen molar-refractivity contribution in [1.82, 2.24) is 0 Å². The Morgan fingerprint density at radius 1 is 0.271 bits per heavy atom. The van der Waals surface area contributed by atoms with Crippen LogP contribution < -0.4 is 4.90 Å². The fraction of sp³-hybridized carbons (Fsp3) is 0.0213. The van der Waals surface area contributed by atoms with E-state index in [1.54, 1.807) is 0 Å². The van der Waals surface area contributed by atoms with Crippen LogP contribution in [0.5, 0.6) is 0 Å². The van der Waals surface area contributed by atoms with E-state index >= 15 is 0 Å². The van der Waals surface area contributed by atoms with Crippen molar-refractivity contribution in [2.45, 2.75) is 5.92 Å². The maximum atomic E-state index is 2.28. The van der Waals surface area contributed by atoms with Crippen molar-refractivity contribution in [1.29, 1.82) is 0 Å². The van der Waals surface area contributed by atoms with E-state index in [-0.39, 0.29) is 5.92 Å². The smallest absolute Gasteiger partial charge is 0.0462 e. The van der Waals surface area contributed by atoms with Crippen LogP contribution in [-0.4, -0.2) is 0 Å². The zero-order valence-electron chi connectivity index (χ0n) is 26.8. The van der Waals surface area contributed by atoms with Gasteiger partial charge < -0.3 is 4.90 Å². The first-order chi connectivity index (χ1) is 23.8. The van der Waals surface area contributed by atoms with Gasteiger partial charge in [0.05, 0.1) is 0 Å². The Morgan fingerprint density at radius 3 is 0.917 bits per heavy atom. The number of rotatable bonds is 10. The summed E-state index contributed by atoms with van der Waals surface area (Å²) >= 11 is 0. The maximum Gasteiger partial charge on any atom is 0.0462 e. The van der Waals surface area contributed by atoms with E-state index < -0.39 is 0 Å². The number of hydrogen-bond acceptors (Lipinski definition) is 1. The zero-order valence-corrected chi connectivity index (χ0v) is 26.8. The van der Waals surface area contributed by atoms with Gasteiger partial charge in [0.2, 0.25) is 0 Å². The lowest BCUT2D eigenvalue weighted by Gasteiger charge is -2.25. The molecule has 0 saturated heterocycles. The first-order valence-corrected chi connectivity index (χ1v) is 16.5. The van der Waals surface area contributed by atoms with Crippen LogP contribution in [0.15, 0.2) is 194 Å². The third kappa shape index (κ3) is 7.44. The summed E-state index contributed by atoms with van der Waals surface area (Å²) in [7, 11) is 0. The summed E-state index contributed by atoms with van der Waals surface area (Å²) < 4.78 is 0. The van der Waals surface area contributed by atoms with Crippen molar-refractivity contribution >= 4 is 41.4 Å². The Hall–Kier alpha value is -6.18. The van der Waals surface area contributed by atoms with Gasteiger partial charge >= 0.3 is 0 Å². The fourth-order valence-corrected chi connectivity index (χ4v) is 6.11. The number of nitrogens with zero attached hydrogens (tertiary/aromatic N) is 1. The molecule has 0 spiro atoms. The average Bonchev–Trinajstić information content (AvgIpc) is 3.17. The zero-order chi connectivity index (χ0) is 32.4. The van der Waals surface area contributed by atoms with Crippen LogP contribution in [0.4, 0.5) is 17.1 Å². The minimum Gasteiger partial charge on any atom is -0.311 e. The highest BCUT2D eigenvalue weighted by molar-refractivity contribution is 5.78. The minimum atomic E-state index is 0.210. The lowest BCUT2D eigenvalue weighted by Crippen LogP contribution is -2.09. The third-order valence-electron chi connectivity index (χ3n) is 8.59. The lowest BCUT2D eigenvalue weighted by atomic mass is 9.85. The Balaban J connectivity index is 1.01. The molecule has 0 radical (unpaired) electrons. The van der Waals surface area contributed by atoms with E-state index in [9.17, 15) is 0 Å². The van der Waals surface area contributed by atoms with Crippen molar-refractivity contribution < 1.29 is 0 Å². The highest BCUT2D eigenvalue weighted by Gasteiger charge is 2.16. The minimum absolute atomic E-state index is 0.210. The highest BCUT2D eigenvalue weighted by atomic mass is 15.1. The van der Waals surface area contributed by atoms with Gasteiger partial charge in [0.1, 0.15) is 0 Å². The summed E-state index contributed by atoms with van der Waals surface area (Å²) in [6.07, 6.45) is 8.70. The third-order valence-corrected chi connectivity index (χ3v) is 8.59. The maximum absolute atomic E-state index is 2.28. The molecule has 0 atom stereocenters. The standard InChI is InChI=1S/C47H37N/c1-5-13-41(14-6-1)47(42-15-7-2-8-16-42)43-33-29-39(30-34-43)27-25-37-21-23-38(24-22-37)26-28-40-31-35-46(36-32-40)48(44-17-9-3-10-18-44)45-19-11-4-12-20-45/h1-36,47H. The molecule has 0 aliphatic rings. The van der Waals surface area contributed by atoms with Crippen LogP contribution in [0.2, 0.25) is 0 Å². The summed E-state index contributed by atoms with van der Waals surface area (Å²) in [5, 5.41) is 0. The Kier molecular flexibility index (Phi) is 9.48. The molecule has 0 bridgehead atoms. The quantitative estimate of drug-likeness (QED) is 0.109. The molecule has 0 aliphatic heterocycles. The summed E-state index contributed by atoms with van der Waals surface area (Å²) in [5.74, 6) is 0.210. The first-order valence-electron chi connectivity index (χ1n) is 16.5. The molecule has 0 unspecified atom stereocenters. The van der Waals surface area contributed by atoms with Crippen molar-refractivity contribution in [2.24, 2.45) is 0 Å². The number of hydrogen-bond donors (Lipinski definition) is 0. The van der Waals surface area contributed by atoms with E-state index in [1.165, 1.54) is 33.4 Å². The molecule has 0 aromatic heterocycles. The van der Waals surface area contributed by atoms with E-state index in [0.29, 0.717) is 0 Å². The van der Waals surface area contributed by atoms with E-state index in [1.807, 2.05) is 0 Å². The van der Waals surface area contributed by atoms with Crippen LogP contribution in [0.3, 0.4) is 0 Å². The molecule has 0 fully saturated rings. The largest absolute Gasteiger partial charge is 0.311 e. The van der Waals surface area contributed by atoms with E-state index in [2.05, 4.69) is 223 Å². The van der Waals surface area contributed by atoms with Gasteiger partial charge in [-0.3, -0.25) is 0 Å². The Labute approximate surface area is 284 Å². The molecule has 7 rings (SSSR count). The molecule has 1 nitrogen and oxygen atoms in total. The van der Waals surface area contributed by atoms with Gasteiger partial charge in [0.25, 0.3) is 0 Å². The molecule has 7 aromatic carbocycles. The summed E-state index contributed by atoms with van der Waals surface area (Å²) in [6, 6.07) is 68.8. The van der Waals surface area contributed by atoms with Crippen molar-refractivity contribution in [3.05, 3.63) is 233 Å². The molecular weight excluding hydrogens is 579 g/mol. The Morgan fingerprint density at radius 2 is 0.542 bits per heavy atom. The lowest BCUT2D eigenvalue weighted by molar-refractivity contribution is 0.977. The van der Waals surface area contributed by atoms with Gasteiger partial charge in [-0.15, -0.1) is 0 Å². The van der Waals surface area contributed by atoms with Gasteiger partial charge in [-0.05, 0) is 75.3 Å². The second-order valence-electron chi connectivity index (χ2n) is 11.9. The first kappa shape index (κ1) is 30.5. The average molecular weight is 616 g/mol. The monoisotopic (exact) mass is 615 g/mol. The van der Waals surface area contributed by atoms with Gasteiger partial charge in [0.15, 0.2) is 0 Å². The van der Waals surface area contributed by atoms with Crippen molar-refractivity contribution in [3.63, 3.8) is 0 Å². The van der Waals surface area contributed by atoms with Crippen LogP contribution >= 0.6 is 0 Å². The normalized spacial score (nSPS) is 11.4. The van der Waals surface area contributed by atoms with Crippen LogP contribution in [0, 0.1) is 0 Å². The van der Waals surface area contributed by atoms with Crippen molar-refractivity contribution in [3.8, 4) is 0 Å². The van der Waals surface area contributed by atoms with Crippen molar-refractivity contribution in [2.75, 3.05) is 4.90 Å². The number of benzene rings is 7. The molecule has 0 heterocycles. The molecule has 0 amide bonds. The molecule has 7 aromatic rings. The predicted molar refractivity (Wildman–Crippen MR) is 206 cm³/mol. The van der Waals surface area contributed by atoms with E-state index in [0.717, 1.165) is 22.6 Å². The molecule has 0 N–H and O–H groups in total. The van der Waals surface area contributed by atoms with E-state index in [4.69, 9.17) is 0 Å². The Bertz CT molecular complexity index is 1830. The van der Waals surface area contributed by atoms with Gasteiger partial charge in [-0.25, -0.2) is 0 Å². The molecule has 48 heavy (non-hydrogen) atoms. The topological polar surface area (TPSA) is 3.24 Å². The molecule has 0 aliphatic carbocycles. The second kappa shape index (κ2) is 14.9. The van der Waals surface area contributed by atoms with Crippen LogP contribution in [-0.2, 0) is 0 Å². The molecular formula is C47H37N. The SMILES string of the molecule is C(=Cc1ccc(C(c2ccccc2)c2ccccc2)cc1)c1ccc(C=Cc2ccc(N(c3ccccc3)c3ccccc3)cc2)cc1. The predicted octanol–water partition coefficient (Wildman–Crippen LogP) is 12.7. The summed E-state index contributed by atoms with van der Waals surface area (Å²) in [6.45, 7) is 0. The van der Waals surface area contributed by atoms with Crippen LogP contribution in [0.25, 0.3) is 24.3 Å². The second-order valence-corrected chi connectivity index (χ2v) is 11.9. The molecule has 1 heteroatoms. The highest BCUT2D eigenvalue weighted by Crippen LogP contribution is 2.35. The fourth-order valence-electron chi connectivity index (χ4n) is 6.11. The molecule has 0 saturated carbocycles. The van der Waals surface area contributed by atoms with Gasteiger partial charge in [0, 0.05) is 23.0 Å². The summed E-state index contributed by atoms with van der Waals surface area (Å²) in [4.78, 5) is 2.28.